The van der Waals surface area contributed by atoms with Crippen molar-refractivity contribution in [3.63, 3.8) is 0 Å². The molecule has 0 atom stereocenters. The molecule has 0 bridgehead atoms. The average Bonchev–Trinajstić information content (AvgIpc) is 2.72. The first-order valence-electron chi connectivity index (χ1n) is 9.34. The zero-order valence-corrected chi connectivity index (χ0v) is 16.0. The lowest BCUT2D eigenvalue weighted by molar-refractivity contribution is 0.293. The predicted octanol–water partition coefficient (Wildman–Crippen LogP) is 4.72. The number of pyridine rings is 1. The fraction of sp³-hybridized carbons (Fsp3) is 0.174. The third-order valence-electron chi connectivity index (χ3n) is 4.86. The van der Waals surface area contributed by atoms with Crippen molar-refractivity contribution in [2.45, 2.75) is 26.9 Å². The van der Waals surface area contributed by atoms with Crippen molar-refractivity contribution < 1.29 is 4.74 Å². The second kappa shape index (κ2) is 7.64. The van der Waals surface area contributed by atoms with Crippen LogP contribution in [0, 0.1) is 6.92 Å². The van der Waals surface area contributed by atoms with Crippen molar-refractivity contribution in [3.8, 4) is 17.0 Å². The lowest BCUT2D eigenvalue weighted by Gasteiger charge is -2.17. The maximum atomic E-state index is 6.37. The van der Waals surface area contributed by atoms with Crippen molar-refractivity contribution in [1.82, 2.24) is 15.0 Å². The molecule has 0 spiro atoms. The molecule has 2 heterocycles. The van der Waals surface area contributed by atoms with E-state index in [0.29, 0.717) is 11.7 Å². The van der Waals surface area contributed by atoms with Crippen molar-refractivity contribution in [3.05, 3.63) is 77.7 Å². The largest absolute Gasteiger partial charge is 0.473 e. The number of nitrogens with zero attached hydrogens (tertiary/aromatic N) is 3. The summed E-state index contributed by atoms with van der Waals surface area (Å²) in [5.41, 5.74) is 12.4. The minimum atomic E-state index is 0.285. The number of rotatable bonds is 5. The van der Waals surface area contributed by atoms with E-state index >= 15 is 0 Å². The van der Waals surface area contributed by atoms with E-state index in [1.54, 1.807) is 0 Å². The third kappa shape index (κ3) is 3.39. The molecule has 0 radical (unpaired) electrons. The predicted molar refractivity (Wildman–Crippen MR) is 112 cm³/mol. The summed E-state index contributed by atoms with van der Waals surface area (Å²) in [6, 6.07) is 18.2. The molecule has 0 unspecified atom stereocenters. The zero-order chi connectivity index (χ0) is 19.5. The van der Waals surface area contributed by atoms with E-state index in [-0.39, 0.29) is 6.61 Å². The number of ether oxygens (including phenoxy) is 1. The fourth-order valence-corrected chi connectivity index (χ4v) is 3.37. The fourth-order valence-electron chi connectivity index (χ4n) is 3.37. The van der Waals surface area contributed by atoms with Crippen LogP contribution in [-0.4, -0.2) is 15.0 Å². The maximum absolute atomic E-state index is 6.37. The summed E-state index contributed by atoms with van der Waals surface area (Å²) < 4.78 is 6.00. The monoisotopic (exact) mass is 370 g/mol. The molecular formula is C23H22N4O. The van der Waals surface area contributed by atoms with Crippen molar-refractivity contribution in [2.75, 3.05) is 5.73 Å². The molecule has 2 aromatic carbocycles. The van der Waals surface area contributed by atoms with Crippen molar-refractivity contribution in [1.29, 1.82) is 0 Å². The first kappa shape index (κ1) is 17.9. The van der Waals surface area contributed by atoms with Gasteiger partial charge in [-0.05, 0) is 30.5 Å². The summed E-state index contributed by atoms with van der Waals surface area (Å²) in [4.78, 5) is 13.0. The standard InChI is InChI=1S/C23H22N4O/c1-3-16-12-21(26-14-25-16)28-13-19-22(17-9-5-4-8-15(17)2)18-10-6-7-11-20(18)27-23(19)24/h4-12,14H,3,13H2,1-2H3,(H2,24,27). The Bertz CT molecular complexity index is 1140. The van der Waals surface area contributed by atoms with E-state index in [1.165, 1.54) is 11.9 Å². The highest BCUT2D eigenvalue weighted by Gasteiger charge is 2.17. The van der Waals surface area contributed by atoms with Crippen LogP contribution in [0.2, 0.25) is 0 Å². The molecule has 0 aliphatic rings. The quantitative estimate of drug-likeness (QED) is 0.550. The first-order chi connectivity index (χ1) is 13.7. The Balaban J connectivity index is 1.84. The van der Waals surface area contributed by atoms with Gasteiger partial charge in [0, 0.05) is 28.3 Å². The van der Waals surface area contributed by atoms with Gasteiger partial charge >= 0.3 is 0 Å². The summed E-state index contributed by atoms with van der Waals surface area (Å²) in [5.74, 6) is 1.01. The summed E-state index contributed by atoms with van der Waals surface area (Å²) in [7, 11) is 0. The molecule has 0 amide bonds. The van der Waals surface area contributed by atoms with E-state index in [2.05, 4.69) is 40.1 Å². The van der Waals surface area contributed by atoms with Gasteiger partial charge in [-0.1, -0.05) is 49.4 Å². The minimum Gasteiger partial charge on any atom is -0.473 e. The number of fused-ring (bicyclic) bond motifs is 1. The van der Waals surface area contributed by atoms with Gasteiger partial charge in [0.1, 0.15) is 18.8 Å². The number of nitrogen functional groups attached to an aromatic ring is 1. The Labute approximate surface area is 164 Å². The number of aromatic nitrogens is 3. The first-order valence-corrected chi connectivity index (χ1v) is 9.34. The highest BCUT2D eigenvalue weighted by Crippen LogP contribution is 2.36. The van der Waals surface area contributed by atoms with Gasteiger partial charge in [-0.2, -0.15) is 0 Å². The van der Waals surface area contributed by atoms with E-state index in [4.69, 9.17) is 10.5 Å². The van der Waals surface area contributed by atoms with Crippen molar-refractivity contribution >= 4 is 16.7 Å². The summed E-state index contributed by atoms with van der Waals surface area (Å²) in [5, 5.41) is 1.06. The number of hydrogen-bond donors (Lipinski definition) is 1. The van der Waals surface area contributed by atoms with Crippen LogP contribution in [0.1, 0.15) is 23.7 Å². The third-order valence-corrected chi connectivity index (χ3v) is 4.86. The van der Waals surface area contributed by atoms with E-state index in [0.717, 1.165) is 39.7 Å². The number of aryl methyl sites for hydroxylation is 2. The highest BCUT2D eigenvalue weighted by molar-refractivity contribution is 5.98. The van der Waals surface area contributed by atoms with Gasteiger partial charge in [-0.25, -0.2) is 15.0 Å². The number of anilines is 1. The second-order valence-electron chi connectivity index (χ2n) is 6.67. The second-order valence-corrected chi connectivity index (χ2v) is 6.67. The zero-order valence-electron chi connectivity index (χ0n) is 16.0. The van der Waals surface area contributed by atoms with Crippen LogP contribution in [0.3, 0.4) is 0 Å². The van der Waals surface area contributed by atoms with Gasteiger partial charge in [0.05, 0.1) is 5.52 Å². The Morgan fingerprint density at radius 3 is 2.61 bits per heavy atom. The minimum absolute atomic E-state index is 0.285. The van der Waals surface area contributed by atoms with Gasteiger partial charge in [-0.15, -0.1) is 0 Å². The normalized spacial score (nSPS) is 10.9. The molecule has 28 heavy (non-hydrogen) atoms. The van der Waals surface area contributed by atoms with Crippen LogP contribution < -0.4 is 10.5 Å². The van der Waals surface area contributed by atoms with Gasteiger partial charge < -0.3 is 10.5 Å². The van der Waals surface area contributed by atoms with Gasteiger partial charge in [-0.3, -0.25) is 0 Å². The number of para-hydroxylation sites is 1. The lowest BCUT2D eigenvalue weighted by atomic mass is 9.93. The number of benzene rings is 2. The molecule has 0 aliphatic heterocycles. The molecular weight excluding hydrogens is 348 g/mol. The molecule has 5 nitrogen and oxygen atoms in total. The van der Waals surface area contributed by atoms with E-state index in [1.807, 2.05) is 43.3 Å². The average molecular weight is 370 g/mol. The molecule has 4 aromatic rings. The van der Waals surface area contributed by atoms with E-state index < -0.39 is 0 Å². The van der Waals surface area contributed by atoms with Crippen LogP contribution in [0.5, 0.6) is 5.88 Å². The smallest absolute Gasteiger partial charge is 0.216 e. The Hall–Kier alpha value is -3.47. The molecule has 0 saturated carbocycles. The van der Waals surface area contributed by atoms with Crippen LogP contribution in [0.15, 0.2) is 60.9 Å². The summed E-state index contributed by atoms with van der Waals surface area (Å²) in [6.07, 6.45) is 2.35. The Morgan fingerprint density at radius 2 is 1.79 bits per heavy atom. The van der Waals surface area contributed by atoms with Crippen LogP contribution in [-0.2, 0) is 13.0 Å². The molecule has 4 rings (SSSR count). The highest BCUT2D eigenvalue weighted by atomic mass is 16.5. The van der Waals surface area contributed by atoms with E-state index in [9.17, 15) is 0 Å². The molecule has 2 N–H and O–H groups in total. The maximum Gasteiger partial charge on any atom is 0.216 e. The van der Waals surface area contributed by atoms with Gasteiger partial charge in [0.25, 0.3) is 0 Å². The van der Waals surface area contributed by atoms with Crippen molar-refractivity contribution in [2.24, 2.45) is 0 Å². The molecule has 5 heteroatoms. The Kier molecular flexibility index (Phi) is 4.89. The Morgan fingerprint density at radius 1 is 1.00 bits per heavy atom. The molecule has 0 saturated heterocycles. The number of nitrogens with two attached hydrogens (primary N) is 1. The van der Waals surface area contributed by atoms with Crippen LogP contribution in [0.4, 0.5) is 5.82 Å². The van der Waals surface area contributed by atoms with Gasteiger partial charge in [0.15, 0.2) is 0 Å². The molecule has 140 valence electrons. The van der Waals surface area contributed by atoms with Gasteiger partial charge in [0.2, 0.25) is 5.88 Å². The molecule has 0 aliphatic carbocycles. The number of hydrogen-bond acceptors (Lipinski definition) is 5. The van der Waals surface area contributed by atoms with Crippen LogP contribution >= 0.6 is 0 Å². The lowest BCUT2D eigenvalue weighted by Crippen LogP contribution is -2.07. The van der Waals surface area contributed by atoms with Crippen LogP contribution in [0.25, 0.3) is 22.0 Å². The topological polar surface area (TPSA) is 73.9 Å². The molecule has 0 fully saturated rings. The summed E-state index contributed by atoms with van der Waals surface area (Å²) in [6.45, 7) is 4.43. The summed E-state index contributed by atoms with van der Waals surface area (Å²) >= 11 is 0. The SMILES string of the molecule is CCc1cc(OCc2c(N)nc3ccccc3c2-c2ccccc2C)ncn1. The molecule has 2 aromatic heterocycles.